The molecule has 2 heterocycles. The number of nitrogens with zero attached hydrogens (tertiary/aromatic N) is 1. The average Bonchev–Trinajstić information content (AvgIpc) is 3.11. The number of rotatable bonds is 2. The highest BCUT2D eigenvalue weighted by atomic mass is 35.5. The molecule has 104 valence electrons. The largest absolute Gasteiger partial charge is 0.469 e. The predicted molar refractivity (Wildman–Crippen MR) is 78.1 cm³/mol. The third kappa shape index (κ3) is 2.80. The van der Waals surface area contributed by atoms with E-state index in [1.807, 2.05) is 17.0 Å². The van der Waals surface area contributed by atoms with Gasteiger partial charge in [0.15, 0.2) is 0 Å². The summed E-state index contributed by atoms with van der Waals surface area (Å²) >= 11 is 5.82. The Hall–Kier alpha value is -1.94. The van der Waals surface area contributed by atoms with Crippen molar-refractivity contribution in [1.29, 1.82) is 0 Å². The first-order chi connectivity index (χ1) is 9.72. The lowest BCUT2D eigenvalue weighted by Crippen LogP contribution is -2.32. The Morgan fingerprint density at radius 3 is 2.80 bits per heavy atom. The van der Waals surface area contributed by atoms with Crippen LogP contribution in [-0.4, -0.2) is 24.0 Å². The molecule has 1 aliphatic rings. The molecule has 2 aromatic rings. The minimum absolute atomic E-state index is 0.0821. The van der Waals surface area contributed by atoms with Gasteiger partial charge in [-0.25, -0.2) is 4.79 Å². The maximum absolute atomic E-state index is 12.2. The topological polar surface area (TPSA) is 45.5 Å². The number of halogens is 1. The lowest BCUT2D eigenvalue weighted by Gasteiger charge is -2.17. The van der Waals surface area contributed by atoms with Crippen molar-refractivity contribution in [2.75, 3.05) is 18.4 Å². The van der Waals surface area contributed by atoms with Gasteiger partial charge in [0.25, 0.3) is 0 Å². The van der Waals surface area contributed by atoms with Crippen LogP contribution in [0.5, 0.6) is 0 Å². The van der Waals surface area contributed by atoms with Crippen LogP contribution in [0.25, 0.3) is 0 Å². The first-order valence-electron chi connectivity index (χ1n) is 6.57. The summed E-state index contributed by atoms with van der Waals surface area (Å²) in [5.74, 6) is 1.24. The third-order valence-corrected chi connectivity index (χ3v) is 3.77. The van der Waals surface area contributed by atoms with E-state index in [1.165, 1.54) is 0 Å². The molecule has 0 saturated carbocycles. The molecule has 0 spiro atoms. The van der Waals surface area contributed by atoms with Gasteiger partial charge in [0.05, 0.1) is 6.26 Å². The highest BCUT2D eigenvalue weighted by molar-refractivity contribution is 6.30. The zero-order chi connectivity index (χ0) is 13.9. The van der Waals surface area contributed by atoms with Crippen LogP contribution in [0.4, 0.5) is 10.5 Å². The standard InChI is InChI=1S/C15H15ClN2O2/c16-12-3-5-13(6-4-12)17-15(19)18-8-7-11(10-18)14-2-1-9-20-14/h1-6,9,11H,7-8,10H2,(H,17,19). The number of carbonyl (C=O) groups excluding carboxylic acids is 1. The van der Waals surface area contributed by atoms with Crippen LogP contribution in [0.15, 0.2) is 47.1 Å². The molecule has 0 radical (unpaired) electrons. The molecular weight excluding hydrogens is 276 g/mol. The number of anilines is 1. The van der Waals surface area contributed by atoms with Crippen LogP contribution in [0.1, 0.15) is 18.1 Å². The minimum atomic E-state index is -0.0821. The zero-order valence-corrected chi connectivity index (χ0v) is 11.6. The molecule has 3 rings (SSSR count). The molecule has 1 aromatic heterocycles. The molecule has 4 nitrogen and oxygen atoms in total. The fourth-order valence-electron chi connectivity index (χ4n) is 2.44. The van der Waals surface area contributed by atoms with E-state index in [9.17, 15) is 4.79 Å². The summed E-state index contributed by atoms with van der Waals surface area (Å²) in [4.78, 5) is 14.0. The molecule has 1 aliphatic heterocycles. The molecule has 20 heavy (non-hydrogen) atoms. The minimum Gasteiger partial charge on any atom is -0.469 e. The summed E-state index contributed by atoms with van der Waals surface area (Å²) in [5.41, 5.74) is 0.751. The number of hydrogen-bond donors (Lipinski definition) is 1. The lowest BCUT2D eigenvalue weighted by molar-refractivity contribution is 0.221. The maximum Gasteiger partial charge on any atom is 0.321 e. The van der Waals surface area contributed by atoms with Gasteiger partial charge < -0.3 is 14.6 Å². The van der Waals surface area contributed by atoms with E-state index in [0.29, 0.717) is 17.5 Å². The molecule has 1 unspecified atom stereocenters. The smallest absolute Gasteiger partial charge is 0.321 e. The molecule has 0 bridgehead atoms. The zero-order valence-electron chi connectivity index (χ0n) is 10.9. The molecule has 1 fully saturated rings. The van der Waals surface area contributed by atoms with Crippen LogP contribution in [0, 0.1) is 0 Å². The normalized spacial score (nSPS) is 18.2. The van der Waals surface area contributed by atoms with Gasteiger partial charge in [-0.15, -0.1) is 0 Å². The van der Waals surface area contributed by atoms with Crippen LogP contribution < -0.4 is 5.32 Å². The molecule has 1 saturated heterocycles. The number of amides is 2. The van der Waals surface area contributed by atoms with E-state index < -0.39 is 0 Å². The van der Waals surface area contributed by atoms with E-state index in [2.05, 4.69) is 5.32 Å². The highest BCUT2D eigenvalue weighted by Crippen LogP contribution is 2.27. The quantitative estimate of drug-likeness (QED) is 0.910. The Morgan fingerprint density at radius 2 is 2.10 bits per heavy atom. The molecule has 1 aromatic carbocycles. The Morgan fingerprint density at radius 1 is 1.30 bits per heavy atom. The van der Waals surface area contributed by atoms with Crippen LogP contribution >= 0.6 is 11.6 Å². The Balaban J connectivity index is 1.60. The van der Waals surface area contributed by atoms with Crippen molar-refractivity contribution in [2.24, 2.45) is 0 Å². The second-order valence-corrected chi connectivity index (χ2v) is 5.32. The predicted octanol–water partition coefficient (Wildman–Crippen LogP) is 3.95. The van der Waals surface area contributed by atoms with E-state index in [-0.39, 0.29) is 6.03 Å². The van der Waals surface area contributed by atoms with Crippen molar-refractivity contribution in [3.05, 3.63) is 53.4 Å². The summed E-state index contributed by atoms with van der Waals surface area (Å²) in [6.07, 6.45) is 2.60. The second kappa shape index (κ2) is 5.59. The van der Waals surface area contributed by atoms with Gasteiger partial charge in [-0.2, -0.15) is 0 Å². The number of furan rings is 1. The molecule has 1 N–H and O–H groups in total. The van der Waals surface area contributed by atoms with Gasteiger partial charge in [0, 0.05) is 29.7 Å². The van der Waals surface area contributed by atoms with Gasteiger partial charge in [-0.05, 0) is 42.8 Å². The van der Waals surface area contributed by atoms with Crippen molar-refractivity contribution in [2.45, 2.75) is 12.3 Å². The number of nitrogens with one attached hydrogen (secondary N) is 1. The number of carbonyl (C=O) groups is 1. The first-order valence-corrected chi connectivity index (χ1v) is 6.95. The SMILES string of the molecule is O=C(Nc1ccc(Cl)cc1)N1CCC(c2ccco2)C1. The summed E-state index contributed by atoms with van der Waals surface area (Å²) in [6, 6.07) is 10.9. The number of likely N-dealkylation sites (tertiary alicyclic amines) is 1. The second-order valence-electron chi connectivity index (χ2n) is 4.88. The Bertz CT molecular complexity index is 580. The molecule has 1 atom stereocenters. The highest BCUT2D eigenvalue weighted by Gasteiger charge is 2.28. The lowest BCUT2D eigenvalue weighted by atomic mass is 10.1. The summed E-state index contributed by atoms with van der Waals surface area (Å²) in [7, 11) is 0. The van der Waals surface area contributed by atoms with E-state index >= 15 is 0 Å². The van der Waals surface area contributed by atoms with E-state index in [1.54, 1.807) is 30.5 Å². The van der Waals surface area contributed by atoms with Crippen molar-refractivity contribution < 1.29 is 9.21 Å². The molecule has 2 amide bonds. The van der Waals surface area contributed by atoms with E-state index in [4.69, 9.17) is 16.0 Å². The summed E-state index contributed by atoms with van der Waals surface area (Å²) < 4.78 is 5.40. The molecular formula is C15H15ClN2O2. The monoisotopic (exact) mass is 290 g/mol. The van der Waals surface area contributed by atoms with Gasteiger partial charge in [0.2, 0.25) is 0 Å². The van der Waals surface area contributed by atoms with Gasteiger partial charge in [-0.1, -0.05) is 11.6 Å². The number of urea groups is 1. The molecule has 0 aliphatic carbocycles. The maximum atomic E-state index is 12.2. The van der Waals surface area contributed by atoms with E-state index in [0.717, 1.165) is 24.4 Å². The van der Waals surface area contributed by atoms with Crippen molar-refractivity contribution in [1.82, 2.24) is 4.90 Å². The molecule has 5 heteroatoms. The van der Waals surface area contributed by atoms with Gasteiger partial charge in [-0.3, -0.25) is 0 Å². The first kappa shape index (κ1) is 13.1. The van der Waals surface area contributed by atoms with Crippen molar-refractivity contribution in [3.8, 4) is 0 Å². The van der Waals surface area contributed by atoms with Crippen LogP contribution in [-0.2, 0) is 0 Å². The average molecular weight is 291 g/mol. The number of benzene rings is 1. The Kier molecular flexibility index (Phi) is 3.65. The van der Waals surface area contributed by atoms with Crippen LogP contribution in [0.3, 0.4) is 0 Å². The van der Waals surface area contributed by atoms with Crippen LogP contribution in [0.2, 0.25) is 5.02 Å². The van der Waals surface area contributed by atoms with Crippen molar-refractivity contribution in [3.63, 3.8) is 0 Å². The van der Waals surface area contributed by atoms with Gasteiger partial charge in [0.1, 0.15) is 5.76 Å². The fraction of sp³-hybridized carbons (Fsp3) is 0.267. The fourth-order valence-corrected chi connectivity index (χ4v) is 2.56. The van der Waals surface area contributed by atoms with Gasteiger partial charge >= 0.3 is 6.03 Å². The Labute approximate surface area is 122 Å². The summed E-state index contributed by atoms with van der Waals surface area (Å²) in [6.45, 7) is 1.43. The van der Waals surface area contributed by atoms with Crippen molar-refractivity contribution >= 4 is 23.3 Å². The number of hydrogen-bond acceptors (Lipinski definition) is 2. The third-order valence-electron chi connectivity index (χ3n) is 3.52. The summed E-state index contributed by atoms with van der Waals surface area (Å²) in [5, 5.41) is 3.53.